The first-order valence-corrected chi connectivity index (χ1v) is 11.0. The molecule has 3 atom stereocenters. The highest BCUT2D eigenvalue weighted by molar-refractivity contribution is 6.30. The molecule has 1 saturated carbocycles. The molecule has 2 bridgehead atoms. The van der Waals surface area contributed by atoms with Crippen molar-refractivity contribution in [3.8, 4) is 11.8 Å². The third kappa shape index (κ3) is 4.35. The van der Waals surface area contributed by atoms with E-state index in [2.05, 4.69) is 30.3 Å². The normalized spacial score (nSPS) is 22.2. The van der Waals surface area contributed by atoms with Crippen LogP contribution in [0.3, 0.4) is 0 Å². The Balaban J connectivity index is 1.34. The zero-order valence-electron chi connectivity index (χ0n) is 17.8. The summed E-state index contributed by atoms with van der Waals surface area (Å²) < 4.78 is 33.8. The number of hydrogen-bond acceptors (Lipinski definition) is 7. The van der Waals surface area contributed by atoms with Crippen molar-refractivity contribution in [3.63, 3.8) is 0 Å². The van der Waals surface area contributed by atoms with Crippen LogP contribution in [-0.2, 0) is 0 Å². The number of nitrogens with one attached hydrogen (secondary N) is 1. The molecule has 172 valence electrons. The molecule has 5 rings (SSSR count). The highest BCUT2D eigenvalue weighted by Gasteiger charge is 2.43. The molecular weight excluding hydrogens is 452 g/mol. The van der Waals surface area contributed by atoms with E-state index >= 15 is 0 Å². The van der Waals surface area contributed by atoms with Crippen LogP contribution in [0.4, 0.5) is 20.5 Å². The van der Waals surface area contributed by atoms with Crippen LogP contribution in [0.15, 0.2) is 36.9 Å². The maximum Gasteiger partial charge on any atom is 0.326 e. The summed E-state index contributed by atoms with van der Waals surface area (Å²) in [6.07, 6.45) is 5.10. The van der Waals surface area contributed by atoms with Crippen molar-refractivity contribution in [2.75, 3.05) is 23.3 Å². The van der Waals surface area contributed by atoms with Gasteiger partial charge in [0.05, 0.1) is 11.2 Å². The number of ether oxygens (including phenoxy) is 1. The van der Waals surface area contributed by atoms with Gasteiger partial charge in [-0.25, -0.2) is 18.7 Å². The van der Waals surface area contributed by atoms with Crippen molar-refractivity contribution in [1.82, 2.24) is 24.7 Å². The van der Waals surface area contributed by atoms with Gasteiger partial charge in [0.1, 0.15) is 18.5 Å². The summed E-state index contributed by atoms with van der Waals surface area (Å²) in [6, 6.07) is 6.46. The first-order valence-electron chi connectivity index (χ1n) is 10.7. The maximum atomic E-state index is 14.3. The van der Waals surface area contributed by atoms with Crippen LogP contribution in [0.2, 0.25) is 5.02 Å². The molecule has 0 amide bonds. The number of halogens is 3. The van der Waals surface area contributed by atoms with Gasteiger partial charge in [-0.15, -0.1) is 5.10 Å². The van der Waals surface area contributed by atoms with Crippen LogP contribution in [-0.4, -0.2) is 43.9 Å². The molecule has 1 aliphatic carbocycles. The van der Waals surface area contributed by atoms with E-state index in [0.29, 0.717) is 24.1 Å². The number of nitrogens with zero attached hydrogens (tertiary/aromatic N) is 6. The molecule has 8 nitrogen and oxygen atoms in total. The molecule has 33 heavy (non-hydrogen) atoms. The number of rotatable bonds is 6. The molecule has 1 aliphatic heterocycles. The first kappa shape index (κ1) is 21.6. The second-order valence-corrected chi connectivity index (χ2v) is 8.69. The van der Waals surface area contributed by atoms with E-state index in [-0.39, 0.29) is 22.8 Å². The van der Waals surface area contributed by atoms with Gasteiger partial charge in [0.15, 0.2) is 11.6 Å². The second-order valence-electron chi connectivity index (χ2n) is 8.28. The van der Waals surface area contributed by atoms with E-state index in [1.807, 2.05) is 13.0 Å². The van der Waals surface area contributed by atoms with E-state index < -0.39 is 5.82 Å². The van der Waals surface area contributed by atoms with Gasteiger partial charge in [0.2, 0.25) is 5.95 Å². The van der Waals surface area contributed by atoms with Gasteiger partial charge in [0.25, 0.3) is 0 Å². The Morgan fingerprint density at radius 3 is 2.73 bits per heavy atom. The predicted octanol–water partition coefficient (Wildman–Crippen LogP) is 4.69. The fourth-order valence-electron chi connectivity index (χ4n) is 4.66. The number of hydrogen-bond donors (Lipinski definition) is 1. The lowest BCUT2D eigenvalue weighted by Gasteiger charge is -2.38. The van der Waals surface area contributed by atoms with E-state index in [4.69, 9.17) is 16.3 Å². The molecule has 2 aliphatic rings. The Morgan fingerprint density at radius 2 is 2.00 bits per heavy atom. The molecule has 2 fully saturated rings. The Morgan fingerprint density at radius 1 is 1.21 bits per heavy atom. The Labute approximate surface area is 194 Å². The van der Waals surface area contributed by atoms with Crippen molar-refractivity contribution in [3.05, 3.63) is 53.5 Å². The van der Waals surface area contributed by atoms with Crippen molar-refractivity contribution in [2.24, 2.45) is 11.8 Å². The Kier molecular flexibility index (Phi) is 5.84. The van der Waals surface area contributed by atoms with E-state index in [1.54, 1.807) is 12.4 Å². The number of fused-ring (bicyclic) bond motifs is 2. The average Bonchev–Trinajstić information content (AvgIpc) is 3.26. The largest absolute Gasteiger partial charge is 0.421 e. The minimum atomic E-state index is -0.724. The number of aromatic nitrogens is 5. The molecule has 1 aromatic carbocycles. The van der Waals surface area contributed by atoms with Gasteiger partial charge in [-0.1, -0.05) is 17.7 Å². The first-order chi connectivity index (χ1) is 16.0. The standard InChI is InChI=1S/C22H22ClF2N7O/c1-13-9-18(27-12-26-13)31-10-14-5-6-15(11-31)20(14)28-21-29-22(32(30-21)8-7-24)33-17-4-2-3-16(23)19(17)25/h2-4,7-9,12,14-15,20H,5-6,10-11H2,1H3,(H,28,30)/t14-,15+,20?. The van der Waals surface area contributed by atoms with Crippen molar-refractivity contribution in [1.29, 1.82) is 0 Å². The predicted molar refractivity (Wildman–Crippen MR) is 121 cm³/mol. The van der Waals surface area contributed by atoms with Gasteiger partial charge in [0, 0.05) is 30.9 Å². The zero-order valence-corrected chi connectivity index (χ0v) is 18.6. The summed E-state index contributed by atoms with van der Waals surface area (Å²) in [5, 5.41) is 7.60. The summed E-state index contributed by atoms with van der Waals surface area (Å²) in [5.74, 6) is 1.13. The zero-order chi connectivity index (χ0) is 22.9. The van der Waals surface area contributed by atoms with E-state index in [1.165, 1.54) is 12.1 Å². The lowest BCUT2D eigenvalue weighted by Crippen LogP contribution is -2.48. The van der Waals surface area contributed by atoms with Gasteiger partial charge >= 0.3 is 6.01 Å². The third-order valence-electron chi connectivity index (χ3n) is 6.16. The summed E-state index contributed by atoms with van der Waals surface area (Å²) in [7, 11) is 0. The molecule has 11 heteroatoms. The van der Waals surface area contributed by atoms with E-state index in [0.717, 1.165) is 48.3 Å². The van der Waals surface area contributed by atoms with Gasteiger partial charge in [-0.2, -0.15) is 9.67 Å². The van der Waals surface area contributed by atoms with Crippen molar-refractivity contribution in [2.45, 2.75) is 25.8 Å². The number of benzene rings is 1. The number of anilines is 2. The monoisotopic (exact) mass is 473 g/mol. The molecule has 0 spiro atoms. The Hall–Kier alpha value is -3.27. The molecule has 2 aromatic heterocycles. The number of piperidine rings is 1. The van der Waals surface area contributed by atoms with Crippen LogP contribution >= 0.6 is 11.6 Å². The van der Waals surface area contributed by atoms with Crippen LogP contribution in [0.25, 0.3) is 6.20 Å². The molecular formula is C22H22ClF2N7O. The molecule has 1 unspecified atom stereocenters. The van der Waals surface area contributed by atoms with Crippen LogP contribution in [0, 0.1) is 24.6 Å². The SMILES string of the molecule is Cc1cc(N2C[C@H]3CC[C@@H](C2)C3Nc2nc(Oc3cccc(Cl)c3F)n(C=CF)n2)ncn1. The molecule has 0 radical (unpaired) electrons. The fraction of sp³-hybridized carbons (Fsp3) is 0.364. The molecule has 1 N–H and O–H groups in total. The van der Waals surface area contributed by atoms with Crippen LogP contribution in [0.1, 0.15) is 18.5 Å². The number of aryl methyl sites for hydroxylation is 1. The summed E-state index contributed by atoms with van der Waals surface area (Å²) in [6.45, 7) is 3.66. The minimum absolute atomic E-state index is 0.0752. The van der Waals surface area contributed by atoms with Gasteiger partial charge in [-0.3, -0.25) is 0 Å². The third-order valence-corrected chi connectivity index (χ3v) is 6.45. The maximum absolute atomic E-state index is 14.3. The minimum Gasteiger partial charge on any atom is -0.421 e. The summed E-state index contributed by atoms with van der Waals surface area (Å²) in [4.78, 5) is 15.2. The second kappa shape index (κ2) is 8.93. The van der Waals surface area contributed by atoms with Crippen molar-refractivity contribution >= 4 is 29.6 Å². The molecule has 3 heterocycles. The van der Waals surface area contributed by atoms with E-state index in [9.17, 15) is 8.78 Å². The fourth-order valence-corrected chi connectivity index (χ4v) is 4.83. The smallest absolute Gasteiger partial charge is 0.326 e. The summed E-state index contributed by atoms with van der Waals surface area (Å²) in [5.41, 5.74) is 0.937. The van der Waals surface area contributed by atoms with Crippen molar-refractivity contribution < 1.29 is 13.5 Å². The van der Waals surface area contributed by atoms with Crippen LogP contribution < -0.4 is 15.0 Å². The average molecular weight is 474 g/mol. The van der Waals surface area contributed by atoms with Gasteiger partial charge < -0.3 is 15.0 Å². The molecule has 1 saturated heterocycles. The van der Waals surface area contributed by atoms with Gasteiger partial charge in [-0.05, 0) is 43.7 Å². The summed E-state index contributed by atoms with van der Waals surface area (Å²) >= 11 is 5.82. The highest BCUT2D eigenvalue weighted by Crippen LogP contribution is 2.40. The van der Waals surface area contributed by atoms with Crippen LogP contribution in [0.5, 0.6) is 11.8 Å². The lowest BCUT2D eigenvalue weighted by atomic mass is 9.92. The molecule has 3 aromatic rings. The topological polar surface area (TPSA) is 81.0 Å². The highest BCUT2D eigenvalue weighted by atomic mass is 35.5. The lowest BCUT2D eigenvalue weighted by molar-refractivity contribution is 0.374. The quantitative estimate of drug-likeness (QED) is 0.556. The Bertz CT molecular complexity index is 1170.